The molecule has 1 atom stereocenters. The van der Waals surface area contributed by atoms with Gasteiger partial charge in [0.25, 0.3) is 0 Å². The first-order valence-corrected chi connectivity index (χ1v) is 6.18. The highest BCUT2D eigenvalue weighted by atomic mass is 16.5. The lowest BCUT2D eigenvalue weighted by Gasteiger charge is -2.20. The maximum Gasteiger partial charge on any atom is 0.245 e. The average molecular weight is 258 g/mol. The largest absolute Gasteiger partial charge is 0.353 e. The van der Waals surface area contributed by atoms with Crippen LogP contribution in [-0.2, 0) is 11.2 Å². The predicted octanol–water partition coefficient (Wildman–Crippen LogP) is 0.421. The van der Waals surface area contributed by atoms with Crippen molar-refractivity contribution >= 4 is 5.91 Å². The highest BCUT2D eigenvalue weighted by Gasteiger charge is 2.23. The summed E-state index contributed by atoms with van der Waals surface area (Å²) in [7, 11) is 0. The molecule has 1 aromatic carbocycles. The maximum atomic E-state index is 11.0. The van der Waals surface area contributed by atoms with E-state index in [4.69, 9.17) is 4.52 Å². The Hall–Kier alpha value is -2.21. The number of benzene rings is 1. The number of piperazine rings is 1. The molecule has 6 nitrogen and oxygen atoms in total. The minimum absolute atomic E-state index is 0.0136. The van der Waals surface area contributed by atoms with Crippen molar-refractivity contribution in [3.05, 3.63) is 47.6 Å². The molecule has 0 radical (unpaired) electrons. The summed E-state index contributed by atoms with van der Waals surface area (Å²) in [5.74, 6) is 1.16. The van der Waals surface area contributed by atoms with Gasteiger partial charge in [0.05, 0.1) is 6.54 Å². The third kappa shape index (κ3) is 2.79. The number of hydrogen-bond acceptors (Lipinski definition) is 5. The van der Waals surface area contributed by atoms with Gasteiger partial charge in [0.2, 0.25) is 11.8 Å². The lowest BCUT2D eigenvalue weighted by Crippen LogP contribution is -2.47. The number of aromatic nitrogens is 2. The van der Waals surface area contributed by atoms with Crippen LogP contribution in [0.15, 0.2) is 34.9 Å². The molecular formula is C13H14N4O2. The first-order valence-electron chi connectivity index (χ1n) is 6.18. The number of carbonyl (C=O) groups excluding carboxylic acids is 1. The fraction of sp³-hybridized carbons (Fsp3) is 0.308. The summed E-state index contributed by atoms with van der Waals surface area (Å²) in [5.41, 5.74) is 1.14. The fourth-order valence-electron chi connectivity index (χ4n) is 2.00. The van der Waals surface area contributed by atoms with Crippen LogP contribution in [0.1, 0.15) is 23.3 Å². The van der Waals surface area contributed by atoms with Crippen LogP contribution in [0.25, 0.3) is 0 Å². The van der Waals surface area contributed by atoms with E-state index >= 15 is 0 Å². The molecule has 1 saturated heterocycles. The zero-order valence-corrected chi connectivity index (χ0v) is 10.3. The van der Waals surface area contributed by atoms with Gasteiger partial charge in [0.1, 0.15) is 6.04 Å². The second-order valence-electron chi connectivity index (χ2n) is 4.45. The standard InChI is InChI=1S/C13H14N4O2/c18-12-8-14-10(7-15-12)13-16-11(17-19-13)6-9-4-2-1-3-5-9/h1-5,10,14H,6-8H2,(H,15,18). The topological polar surface area (TPSA) is 80.1 Å². The van der Waals surface area contributed by atoms with Gasteiger partial charge >= 0.3 is 0 Å². The van der Waals surface area contributed by atoms with Crippen molar-refractivity contribution in [2.45, 2.75) is 12.5 Å². The van der Waals surface area contributed by atoms with E-state index in [-0.39, 0.29) is 18.5 Å². The highest BCUT2D eigenvalue weighted by molar-refractivity contribution is 5.78. The Balaban J connectivity index is 1.68. The van der Waals surface area contributed by atoms with Crippen LogP contribution in [-0.4, -0.2) is 29.1 Å². The number of amides is 1. The first kappa shape index (κ1) is 11.9. The third-order valence-electron chi connectivity index (χ3n) is 3.00. The minimum atomic E-state index is -0.102. The van der Waals surface area contributed by atoms with Crippen molar-refractivity contribution in [3.8, 4) is 0 Å². The van der Waals surface area contributed by atoms with Gasteiger partial charge in [0, 0.05) is 13.0 Å². The molecule has 6 heteroatoms. The molecule has 98 valence electrons. The molecule has 1 unspecified atom stereocenters. The molecule has 1 aliphatic rings. The van der Waals surface area contributed by atoms with E-state index < -0.39 is 0 Å². The van der Waals surface area contributed by atoms with Crippen LogP contribution in [0.4, 0.5) is 0 Å². The SMILES string of the molecule is O=C1CNC(c2nc(Cc3ccccc3)no2)CN1. The van der Waals surface area contributed by atoms with Crippen molar-refractivity contribution in [3.63, 3.8) is 0 Å². The highest BCUT2D eigenvalue weighted by Crippen LogP contribution is 2.13. The molecule has 0 bridgehead atoms. The van der Waals surface area contributed by atoms with Crippen molar-refractivity contribution in [1.29, 1.82) is 0 Å². The van der Waals surface area contributed by atoms with E-state index in [1.54, 1.807) is 0 Å². The molecule has 2 aromatic rings. The normalized spacial score (nSPS) is 19.2. The Bertz CT molecular complexity index is 557. The average Bonchev–Trinajstić information content (AvgIpc) is 2.89. The van der Waals surface area contributed by atoms with Gasteiger partial charge in [-0.1, -0.05) is 35.5 Å². The second kappa shape index (κ2) is 5.19. The maximum absolute atomic E-state index is 11.0. The molecule has 1 aliphatic heterocycles. The summed E-state index contributed by atoms with van der Waals surface area (Å²) in [4.78, 5) is 15.4. The van der Waals surface area contributed by atoms with E-state index in [9.17, 15) is 4.79 Å². The van der Waals surface area contributed by atoms with E-state index in [0.717, 1.165) is 5.56 Å². The summed E-state index contributed by atoms with van der Waals surface area (Å²) in [6.45, 7) is 0.757. The number of carbonyl (C=O) groups is 1. The molecule has 1 aromatic heterocycles. The summed E-state index contributed by atoms with van der Waals surface area (Å²) in [6.07, 6.45) is 0.642. The molecule has 0 aliphatic carbocycles. The van der Waals surface area contributed by atoms with Crippen molar-refractivity contribution in [1.82, 2.24) is 20.8 Å². The van der Waals surface area contributed by atoms with Crippen LogP contribution >= 0.6 is 0 Å². The zero-order chi connectivity index (χ0) is 13.1. The van der Waals surface area contributed by atoms with Crippen molar-refractivity contribution in [2.24, 2.45) is 0 Å². The van der Waals surface area contributed by atoms with Crippen LogP contribution < -0.4 is 10.6 Å². The fourth-order valence-corrected chi connectivity index (χ4v) is 2.00. The summed E-state index contributed by atoms with van der Waals surface area (Å²) in [6, 6.07) is 9.88. The molecule has 0 saturated carbocycles. The minimum Gasteiger partial charge on any atom is -0.353 e. The van der Waals surface area contributed by atoms with Crippen molar-refractivity contribution < 1.29 is 9.32 Å². The van der Waals surface area contributed by atoms with Crippen molar-refractivity contribution in [2.75, 3.05) is 13.1 Å². The van der Waals surface area contributed by atoms with E-state index in [2.05, 4.69) is 20.8 Å². The van der Waals surface area contributed by atoms with Gasteiger partial charge < -0.3 is 9.84 Å². The Kier molecular flexibility index (Phi) is 3.24. The Morgan fingerprint density at radius 3 is 2.89 bits per heavy atom. The quantitative estimate of drug-likeness (QED) is 0.834. The second-order valence-corrected chi connectivity index (χ2v) is 4.45. The summed E-state index contributed by atoms with van der Waals surface area (Å²) < 4.78 is 5.24. The first-order chi connectivity index (χ1) is 9.31. The number of hydrogen-bond donors (Lipinski definition) is 2. The Morgan fingerprint density at radius 2 is 2.16 bits per heavy atom. The van der Waals surface area contributed by atoms with Gasteiger partial charge in [-0.05, 0) is 5.56 Å². The van der Waals surface area contributed by atoms with Crippen LogP contribution in [0.3, 0.4) is 0 Å². The van der Waals surface area contributed by atoms with Gasteiger partial charge in [-0.3, -0.25) is 10.1 Å². The smallest absolute Gasteiger partial charge is 0.245 e. The van der Waals surface area contributed by atoms with Crippen LogP contribution in [0.5, 0.6) is 0 Å². The van der Waals surface area contributed by atoms with E-state index in [0.29, 0.717) is 24.7 Å². The molecule has 1 fully saturated rings. The predicted molar refractivity (Wildman–Crippen MR) is 67.3 cm³/mol. The molecule has 3 rings (SSSR count). The molecule has 1 amide bonds. The van der Waals surface area contributed by atoms with Gasteiger partial charge in [-0.2, -0.15) is 4.98 Å². The molecule has 2 heterocycles. The lowest BCUT2D eigenvalue weighted by molar-refractivity contribution is -0.121. The summed E-state index contributed by atoms with van der Waals surface area (Å²) in [5, 5.41) is 9.78. The van der Waals surface area contributed by atoms with Gasteiger partial charge in [0.15, 0.2) is 5.82 Å². The van der Waals surface area contributed by atoms with E-state index in [1.807, 2.05) is 30.3 Å². The molecule has 2 N–H and O–H groups in total. The monoisotopic (exact) mass is 258 g/mol. The third-order valence-corrected chi connectivity index (χ3v) is 3.00. The lowest BCUT2D eigenvalue weighted by atomic mass is 10.1. The van der Waals surface area contributed by atoms with Gasteiger partial charge in [-0.25, -0.2) is 0 Å². The number of nitrogens with zero attached hydrogens (tertiary/aromatic N) is 2. The summed E-state index contributed by atoms with van der Waals surface area (Å²) >= 11 is 0. The Labute approximate surface area is 110 Å². The molecular weight excluding hydrogens is 244 g/mol. The van der Waals surface area contributed by atoms with Crippen LogP contribution in [0, 0.1) is 0 Å². The zero-order valence-electron chi connectivity index (χ0n) is 10.3. The van der Waals surface area contributed by atoms with Gasteiger partial charge in [-0.15, -0.1) is 0 Å². The van der Waals surface area contributed by atoms with E-state index in [1.165, 1.54) is 0 Å². The Morgan fingerprint density at radius 1 is 1.32 bits per heavy atom. The van der Waals surface area contributed by atoms with Crippen LogP contribution in [0.2, 0.25) is 0 Å². The number of rotatable bonds is 3. The molecule has 19 heavy (non-hydrogen) atoms. The molecule has 0 spiro atoms. The number of nitrogens with one attached hydrogen (secondary N) is 2.